The molecule has 0 bridgehead atoms. The molecule has 22 heavy (non-hydrogen) atoms. The third-order valence-electron chi connectivity index (χ3n) is 5.08. The summed E-state index contributed by atoms with van der Waals surface area (Å²) < 4.78 is 8.39. The molecule has 1 nitrogen and oxygen atoms in total. The topological polar surface area (TPSA) is 15.8 Å². The number of fused-ring (bicyclic) bond motifs is 7. The van der Waals surface area contributed by atoms with Crippen LogP contribution in [0.2, 0.25) is 0 Å². The number of rotatable bonds is 0. The molecule has 0 atom stereocenters. The number of H-pyrrole nitrogens is 1. The highest BCUT2D eigenvalue weighted by molar-refractivity contribution is 6.11. The molecule has 0 spiro atoms. The van der Waals surface area contributed by atoms with Crippen molar-refractivity contribution in [3.8, 4) is 11.1 Å². The fourth-order valence-electron chi connectivity index (χ4n) is 4.10. The summed E-state index contributed by atoms with van der Waals surface area (Å²) in [5.74, 6) is 0. The van der Waals surface area contributed by atoms with Crippen molar-refractivity contribution in [3.63, 3.8) is 0 Å². The summed E-state index contributed by atoms with van der Waals surface area (Å²) in [4.78, 5) is 3.63. The van der Waals surface area contributed by atoms with Gasteiger partial charge in [0.05, 0.1) is 6.89 Å². The highest BCUT2D eigenvalue weighted by atomic mass is 14.7. The molecule has 1 heterocycles. The molecule has 0 radical (unpaired) electrons. The number of benzene rings is 3. The standard InChI is InChI=1S/C21H17N/c1-21(2)17-9-5-3-7-13(17)15-11-12-16-14-8-4-6-10-18(14)22-20(16)19(15)21/h3-12,22H,1-2H3/i9D. The highest BCUT2D eigenvalue weighted by Crippen LogP contribution is 2.51. The van der Waals surface area contributed by atoms with Crippen molar-refractivity contribution in [1.82, 2.24) is 4.98 Å². The number of hydrogen-bond donors (Lipinski definition) is 1. The molecule has 0 aliphatic heterocycles. The molecule has 1 N–H and O–H groups in total. The molecule has 0 fully saturated rings. The van der Waals surface area contributed by atoms with E-state index in [0.717, 1.165) is 5.56 Å². The first-order valence-corrected chi connectivity index (χ1v) is 7.73. The van der Waals surface area contributed by atoms with Crippen molar-refractivity contribution in [3.05, 3.63) is 71.8 Å². The second kappa shape index (κ2) is 3.80. The van der Waals surface area contributed by atoms with Crippen LogP contribution in [-0.4, -0.2) is 4.98 Å². The Kier molecular flexibility index (Phi) is 1.92. The predicted octanol–water partition coefficient (Wildman–Crippen LogP) is 5.63. The lowest BCUT2D eigenvalue weighted by Crippen LogP contribution is -2.15. The monoisotopic (exact) mass is 284 g/mol. The zero-order valence-electron chi connectivity index (χ0n) is 13.7. The minimum atomic E-state index is -0.163. The molecule has 0 saturated carbocycles. The van der Waals surface area contributed by atoms with Crippen molar-refractivity contribution in [2.75, 3.05) is 0 Å². The van der Waals surface area contributed by atoms with Gasteiger partial charge in [-0.05, 0) is 28.3 Å². The molecule has 1 heteroatoms. The first-order chi connectivity index (χ1) is 11.1. The van der Waals surface area contributed by atoms with Gasteiger partial charge in [-0.25, -0.2) is 0 Å². The van der Waals surface area contributed by atoms with Crippen LogP contribution in [0.4, 0.5) is 0 Å². The summed E-state index contributed by atoms with van der Waals surface area (Å²) in [6.45, 7) is 4.47. The fourth-order valence-corrected chi connectivity index (χ4v) is 4.10. The number of para-hydroxylation sites is 1. The molecule has 0 unspecified atom stereocenters. The summed E-state index contributed by atoms with van der Waals surface area (Å²) in [5.41, 5.74) is 7.15. The van der Waals surface area contributed by atoms with Gasteiger partial charge in [0.1, 0.15) is 0 Å². The van der Waals surface area contributed by atoms with Crippen LogP contribution >= 0.6 is 0 Å². The normalized spacial score (nSPS) is 15.8. The van der Waals surface area contributed by atoms with Crippen molar-refractivity contribution in [2.24, 2.45) is 0 Å². The SMILES string of the molecule is [2H]c1cccc2c1C(C)(C)c1c-2ccc2c1[nH]c1ccccc12. The summed E-state index contributed by atoms with van der Waals surface area (Å²) in [5, 5.41) is 2.54. The third kappa shape index (κ3) is 1.29. The smallest absolute Gasteiger partial charge is 0.0626 e. The Morgan fingerprint density at radius 3 is 2.59 bits per heavy atom. The van der Waals surface area contributed by atoms with Crippen molar-refractivity contribution in [2.45, 2.75) is 19.3 Å². The van der Waals surface area contributed by atoms with Gasteiger partial charge in [0.2, 0.25) is 0 Å². The molecule has 1 aliphatic carbocycles. The lowest BCUT2D eigenvalue weighted by molar-refractivity contribution is 0.665. The Labute approximate surface area is 131 Å². The molecule has 106 valence electrons. The van der Waals surface area contributed by atoms with E-state index in [-0.39, 0.29) is 5.41 Å². The van der Waals surface area contributed by atoms with Gasteiger partial charge in [-0.1, -0.05) is 68.4 Å². The van der Waals surface area contributed by atoms with Gasteiger partial charge in [0.25, 0.3) is 0 Å². The molecule has 5 rings (SSSR count). The molecule has 4 aromatic rings. The summed E-state index contributed by atoms with van der Waals surface area (Å²) in [6, 6.07) is 19.6. The second-order valence-corrected chi connectivity index (χ2v) is 6.67. The predicted molar refractivity (Wildman–Crippen MR) is 93.4 cm³/mol. The lowest BCUT2D eigenvalue weighted by Gasteiger charge is -2.22. The fraction of sp³-hybridized carbons (Fsp3) is 0.143. The van der Waals surface area contributed by atoms with E-state index in [9.17, 15) is 0 Å². The van der Waals surface area contributed by atoms with Crippen molar-refractivity contribution in [1.29, 1.82) is 0 Å². The van der Waals surface area contributed by atoms with E-state index in [2.05, 4.69) is 61.3 Å². The van der Waals surface area contributed by atoms with E-state index in [0.29, 0.717) is 6.04 Å². The van der Waals surface area contributed by atoms with E-state index in [1.807, 2.05) is 12.1 Å². The van der Waals surface area contributed by atoms with Gasteiger partial charge in [0, 0.05) is 21.7 Å². The van der Waals surface area contributed by atoms with Gasteiger partial charge < -0.3 is 4.98 Å². The first kappa shape index (κ1) is 11.1. The minimum absolute atomic E-state index is 0.163. The Hall–Kier alpha value is -2.54. The maximum atomic E-state index is 8.39. The van der Waals surface area contributed by atoms with Crippen LogP contribution in [0.5, 0.6) is 0 Å². The van der Waals surface area contributed by atoms with E-state index in [1.165, 1.54) is 38.5 Å². The average molecular weight is 284 g/mol. The Morgan fingerprint density at radius 1 is 0.864 bits per heavy atom. The van der Waals surface area contributed by atoms with Gasteiger partial charge in [-0.15, -0.1) is 0 Å². The van der Waals surface area contributed by atoms with E-state index < -0.39 is 0 Å². The van der Waals surface area contributed by atoms with Gasteiger partial charge >= 0.3 is 0 Å². The summed E-state index contributed by atoms with van der Waals surface area (Å²) in [6.07, 6.45) is 0. The molecule has 0 saturated heterocycles. The van der Waals surface area contributed by atoms with Crippen LogP contribution in [0.15, 0.2) is 60.6 Å². The van der Waals surface area contributed by atoms with Crippen LogP contribution in [0, 0.1) is 0 Å². The maximum absolute atomic E-state index is 8.39. The van der Waals surface area contributed by atoms with Crippen molar-refractivity contribution >= 4 is 21.8 Å². The maximum Gasteiger partial charge on any atom is 0.0626 e. The molecule has 1 aliphatic rings. The van der Waals surface area contributed by atoms with Crippen LogP contribution < -0.4 is 0 Å². The second-order valence-electron chi connectivity index (χ2n) is 6.67. The quantitative estimate of drug-likeness (QED) is 0.431. The van der Waals surface area contributed by atoms with Gasteiger partial charge in [-0.3, -0.25) is 0 Å². The molecular formula is C21H17N. The van der Waals surface area contributed by atoms with Crippen molar-refractivity contribution < 1.29 is 1.37 Å². The molecular weight excluding hydrogens is 266 g/mol. The van der Waals surface area contributed by atoms with E-state index >= 15 is 0 Å². The first-order valence-electron chi connectivity index (χ1n) is 8.23. The average Bonchev–Trinajstić information content (AvgIpc) is 3.01. The lowest BCUT2D eigenvalue weighted by atomic mass is 9.81. The third-order valence-corrected chi connectivity index (χ3v) is 5.08. The van der Waals surface area contributed by atoms with E-state index in [4.69, 9.17) is 1.37 Å². The minimum Gasteiger partial charge on any atom is -0.354 e. The number of nitrogens with one attached hydrogen (secondary N) is 1. The van der Waals surface area contributed by atoms with Crippen LogP contribution in [0.3, 0.4) is 0 Å². The Bertz CT molecular complexity index is 1100. The summed E-state index contributed by atoms with van der Waals surface area (Å²) in [7, 11) is 0. The van der Waals surface area contributed by atoms with E-state index in [1.54, 1.807) is 0 Å². The number of hydrogen-bond acceptors (Lipinski definition) is 0. The molecule has 0 amide bonds. The van der Waals surface area contributed by atoms with Gasteiger partial charge in [-0.2, -0.15) is 0 Å². The van der Waals surface area contributed by atoms with Crippen LogP contribution in [0.1, 0.15) is 26.3 Å². The largest absolute Gasteiger partial charge is 0.354 e. The van der Waals surface area contributed by atoms with Crippen LogP contribution in [0.25, 0.3) is 32.9 Å². The number of aromatic amines is 1. The van der Waals surface area contributed by atoms with Gasteiger partial charge in [0.15, 0.2) is 0 Å². The Balaban J connectivity index is 1.99. The zero-order chi connectivity index (χ0) is 15.8. The number of aromatic nitrogens is 1. The zero-order valence-corrected chi connectivity index (χ0v) is 12.7. The molecule has 1 aromatic heterocycles. The van der Waals surface area contributed by atoms with Crippen LogP contribution in [-0.2, 0) is 5.41 Å². The highest BCUT2D eigenvalue weighted by Gasteiger charge is 2.37. The molecule has 3 aromatic carbocycles. The Morgan fingerprint density at radius 2 is 1.68 bits per heavy atom. The summed E-state index contributed by atoms with van der Waals surface area (Å²) >= 11 is 0.